The molecule has 1 aliphatic rings. The van der Waals surface area contributed by atoms with Gasteiger partial charge in [-0.3, -0.25) is 4.79 Å². The van der Waals surface area contributed by atoms with Crippen molar-refractivity contribution in [2.24, 2.45) is 0 Å². The van der Waals surface area contributed by atoms with E-state index in [-0.39, 0.29) is 12.0 Å². The fraction of sp³-hybridized carbons (Fsp3) is 0.500. The monoisotopic (exact) mass is 264 g/mol. The second kappa shape index (κ2) is 5.93. The molecule has 0 aliphatic carbocycles. The van der Waals surface area contributed by atoms with Crippen LogP contribution in [0.1, 0.15) is 23.7 Å². The fourth-order valence-corrected chi connectivity index (χ4v) is 2.21. The van der Waals surface area contributed by atoms with Crippen molar-refractivity contribution < 1.29 is 14.3 Å². The Balaban J connectivity index is 2.18. The van der Waals surface area contributed by atoms with E-state index in [0.717, 1.165) is 6.42 Å². The van der Waals surface area contributed by atoms with Crippen LogP contribution in [0.2, 0.25) is 0 Å². The van der Waals surface area contributed by atoms with Crippen molar-refractivity contribution in [3.8, 4) is 5.75 Å². The highest BCUT2D eigenvalue weighted by molar-refractivity contribution is 5.99. The quantitative estimate of drug-likeness (QED) is 0.823. The van der Waals surface area contributed by atoms with E-state index in [0.29, 0.717) is 36.7 Å². The Bertz CT molecular complexity index is 462. The number of rotatable bonds is 2. The van der Waals surface area contributed by atoms with Crippen molar-refractivity contribution in [3.05, 3.63) is 23.8 Å². The number of hydrogen-bond donors (Lipinski definition) is 1. The van der Waals surface area contributed by atoms with Gasteiger partial charge in [-0.15, -0.1) is 0 Å². The summed E-state index contributed by atoms with van der Waals surface area (Å²) in [5.74, 6) is 0.610. The van der Waals surface area contributed by atoms with E-state index >= 15 is 0 Å². The van der Waals surface area contributed by atoms with Crippen molar-refractivity contribution in [1.82, 2.24) is 4.90 Å². The molecule has 0 spiro atoms. The van der Waals surface area contributed by atoms with Gasteiger partial charge in [-0.05, 0) is 25.5 Å². The molecule has 1 amide bonds. The zero-order valence-electron chi connectivity index (χ0n) is 11.4. The highest BCUT2D eigenvalue weighted by Gasteiger charge is 2.22. The lowest BCUT2D eigenvalue weighted by Gasteiger charge is -2.23. The van der Waals surface area contributed by atoms with Crippen LogP contribution >= 0.6 is 0 Å². The molecule has 0 bridgehead atoms. The number of carbonyl (C=O) groups is 1. The van der Waals surface area contributed by atoms with E-state index in [9.17, 15) is 4.79 Å². The van der Waals surface area contributed by atoms with Crippen molar-refractivity contribution >= 4 is 11.6 Å². The van der Waals surface area contributed by atoms with Crippen LogP contribution in [0, 0.1) is 0 Å². The average molecular weight is 264 g/mol. The molecule has 5 heteroatoms. The van der Waals surface area contributed by atoms with Gasteiger partial charge in [0.25, 0.3) is 5.91 Å². The Kier molecular flexibility index (Phi) is 4.27. The second-order valence-electron chi connectivity index (χ2n) is 4.74. The third-order valence-corrected chi connectivity index (χ3v) is 3.23. The third kappa shape index (κ3) is 3.17. The Morgan fingerprint density at radius 2 is 2.32 bits per heavy atom. The van der Waals surface area contributed by atoms with E-state index in [1.54, 1.807) is 30.2 Å². The lowest BCUT2D eigenvalue weighted by molar-refractivity contribution is 0.0563. The minimum atomic E-state index is -0.0440. The van der Waals surface area contributed by atoms with Crippen LogP contribution in [0.5, 0.6) is 5.75 Å². The number of benzene rings is 1. The molecule has 2 N–H and O–H groups in total. The Morgan fingerprint density at radius 3 is 3.00 bits per heavy atom. The Labute approximate surface area is 113 Å². The largest absolute Gasteiger partial charge is 0.497 e. The van der Waals surface area contributed by atoms with Gasteiger partial charge in [0.2, 0.25) is 0 Å². The number of amides is 1. The third-order valence-electron chi connectivity index (χ3n) is 3.23. The molecule has 1 unspecified atom stereocenters. The smallest absolute Gasteiger partial charge is 0.256 e. The summed E-state index contributed by atoms with van der Waals surface area (Å²) in [6.07, 6.45) is 0.914. The summed E-state index contributed by atoms with van der Waals surface area (Å²) in [6, 6.07) is 5.14. The molecular weight excluding hydrogens is 244 g/mol. The SMILES string of the molecule is COc1ccc(C(=O)N2CCCOC(C)C2)c(N)c1. The maximum Gasteiger partial charge on any atom is 0.256 e. The van der Waals surface area contributed by atoms with Gasteiger partial charge < -0.3 is 20.1 Å². The summed E-state index contributed by atoms with van der Waals surface area (Å²) in [6.45, 7) is 3.98. The minimum absolute atomic E-state index is 0.0440. The fourth-order valence-electron chi connectivity index (χ4n) is 2.21. The van der Waals surface area contributed by atoms with Gasteiger partial charge in [-0.2, -0.15) is 0 Å². The van der Waals surface area contributed by atoms with Crippen molar-refractivity contribution in [2.45, 2.75) is 19.4 Å². The number of nitrogen functional groups attached to an aromatic ring is 1. The molecule has 104 valence electrons. The number of carbonyl (C=O) groups excluding carboxylic acids is 1. The van der Waals surface area contributed by atoms with E-state index in [4.69, 9.17) is 15.2 Å². The van der Waals surface area contributed by atoms with Crippen molar-refractivity contribution in [3.63, 3.8) is 0 Å². The molecule has 2 rings (SSSR count). The summed E-state index contributed by atoms with van der Waals surface area (Å²) in [4.78, 5) is 14.3. The second-order valence-corrected chi connectivity index (χ2v) is 4.74. The first kappa shape index (κ1) is 13.7. The van der Waals surface area contributed by atoms with Crippen LogP contribution in [0.3, 0.4) is 0 Å². The summed E-state index contributed by atoms with van der Waals surface area (Å²) in [7, 11) is 1.57. The highest BCUT2D eigenvalue weighted by Crippen LogP contribution is 2.21. The van der Waals surface area contributed by atoms with Crippen LogP contribution in [0.15, 0.2) is 18.2 Å². The predicted molar refractivity (Wildman–Crippen MR) is 73.3 cm³/mol. The lowest BCUT2D eigenvalue weighted by Crippen LogP contribution is -2.36. The van der Waals surface area contributed by atoms with Crippen molar-refractivity contribution in [2.75, 3.05) is 32.5 Å². The normalized spacial score (nSPS) is 19.9. The minimum Gasteiger partial charge on any atom is -0.497 e. The van der Waals surface area contributed by atoms with E-state index < -0.39 is 0 Å². The van der Waals surface area contributed by atoms with Crippen molar-refractivity contribution in [1.29, 1.82) is 0 Å². The average Bonchev–Trinajstić information content (AvgIpc) is 2.62. The van der Waals surface area contributed by atoms with E-state index in [1.165, 1.54) is 0 Å². The summed E-state index contributed by atoms with van der Waals surface area (Å²) in [5, 5.41) is 0. The zero-order chi connectivity index (χ0) is 13.8. The molecule has 19 heavy (non-hydrogen) atoms. The van der Waals surface area contributed by atoms with Gasteiger partial charge in [-0.1, -0.05) is 0 Å². The Morgan fingerprint density at radius 1 is 1.53 bits per heavy atom. The molecule has 1 fully saturated rings. The molecule has 1 heterocycles. The van der Waals surface area contributed by atoms with Gasteiger partial charge in [0.1, 0.15) is 5.75 Å². The molecule has 0 aromatic heterocycles. The summed E-state index contributed by atoms with van der Waals surface area (Å²) < 4.78 is 10.6. The van der Waals surface area contributed by atoms with E-state index in [2.05, 4.69) is 0 Å². The molecule has 5 nitrogen and oxygen atoms in total. The first-order valence-corrected chi connectivity index (χ1v) is 6.46. The molecular formula is C14H20N2O3. The maximum atomic E-state index is 12.5. The van der Waals surface area contributed by atoms with Gasteiger partial charge in [-0.25, -0.2) is 0 Å². The van der Waals surface area contributed by atoms with Gasteiger partial charge in [0.05, 0.1) is 18.8 Å². The first-order chi connectivity index (χ1) is 9.11. The number of nitrogens with zero attached hydrogens (tertiary/aromatic N) is 1. The molecule has 0 radical (unpaired) electrons. The zero-order valence-corrected chi connectivity index (χ0v) is 11.4. The van der Waals surface area contributed by atoms with Crippen LogP contribution in [-0.4, -0.2) is 43.7 Å². The molecule has 1 aromatic rings. The molecule has 0 saturated carbocycles. The molecule has 1 saturated heterocycles. The summed E-state index contributed by atoms with van der Waals surface area (Å²) >= 11 is 0. The molecule has 1 aromatic carbocycles. The maximum absolute atomic E-state index is 12.5. The predicted octanol–water partition coefficient (Wildman–Crippen LogP) is 1.53. The van der Waals surface area contributed by atoms with Gasteiger partial charge in [0, 0.05) is 31.5 Å². The van der Waals surface area contributed by atoms with Crippen LogP contribution in [0.25, 0.3) is 0 Å². The van der Waals surface area contributed by atoms with Crippen LogP contribution in [-0.2, 0) is 4.74 Å². The number of anilines is 1. The van der Waals surface area contributed by atoms with Gasteiger partial charge in [0.15, 0.2) is 0 Å². The number of methoxy groups -OCH3 is 1. The highest BCUT2D eigenvalue weighted by atomic mass is 16.5. The van der Waals surface area contributed by atoms with E-state index in [1.807, 2.05) is 6.92 Å². The number of hydrogen-bond acceptors (Lipinski definition) is 4. The lowest BCUT2D eigenvalue weighted by atomic mass is 10.1. The Hall–Kier alpha value is -1.75. The standard InChI is InChI=1S/C14H20N2O3/c1-10-9-16(6-3-7-19-10)14(17)12-5-4-11(18-2)8-13(12)15/h4-5,8,10H,3,6-7,9,15H2,1-2H3. The number of nitrogens with two attached hydrogens (primary N) is 1. The molecule has 1 atom stereocenters. The van der Waals surface area contributed by atoms with Crippen LogP contribution in [0.4, 0.5) is 5.69 Å². The summed E-state index contributed by atoms with van der Waals surface area (Å²) in [5.41, 5.74) is 6.89. The first-order valence-electron chi connectivity index (χ1n) is 6.46. The van der Waals surface area contributed by atoms with Gasteiger partial charge >= 0.3 is 0 Å². The number of ether oxygens (including phenoxy) is 2. The topological polar surface area (TPSA) is 64.8 Å². The van der Waals surface area contributed by atoms with Crippen LogP contribution < -0.4 is 10.5 Å². The molecule has 1 aliphatic heterocycles.